The van der Waals surface area contributed by atoms with Crippen LogP contribution in [0.1, 0.15) is 39.5 Å². The largest absolute Gasteiger partial charge is 0.340 e. The molecule has 1 aliphatic carbocycles. The third-order valence-corrected chi connectivity index (χ3v) is 3.29. The summed E-state index contributed by atoms with van der Waals surface area (Å²) in [6, 6.07) is 1.15. The first kappa shape index (κ1) is 11.5. The monoisotopic (exact) mass is 198 g/mol. The normalized spacial score (nSPS) is 27.4. The molecular formula is C11H22N2O. The van der Waals surface area contributed by atoms with Gasteiger partial charge in [-0.2, -0.15) is 0 Å². The van der Waals surface area contributed by atoms with Gasteiger partial charge in [0.15, 0.2) is 0 Å². The maximum atomic E-state index is 11.3. The average Bonchev–Trinajstić information content (AvgIpc) is 2.19. The number of hydrogen-bond donors (Lipinski definition) is 1. The Balaban J connectivity index is 2.43. The fourth-order valence-electron chi connectivity index (χ4n) is 2.41. The molecule has 82 valence electrons. The van der Waals surface area contributed by atoms with Crippen LogP contribution in [0.4, 0.5) is 0 Å². The van der Waals surface area contributed by atoms with Gasteiger partial charge in [-0.25, -0.2) is 0 Å². The van der Waals surface area contributed by atoms with Crippen LogP contribution < -0.4 is 5.32 Å². The van der Waals surface area contributed by atoms with Crippen LogP contribution in [-0.4, -0.2) is 36.5 Å². The van der Waals surface area contributed by atoms with Gasteiger partial charge in [-0.3, -0.25) is 4.79 Å². The molecule has 1 rings (SSSR count). The number of rotatable bonds is 3. The second kappa shape index (κ2) is 5.35. The summed E-state index contributed by atoms with van der Waals surface area (Å²) >= 11 is 0. The Labute approximate surface area is 86.9 Å². The Hall–Kier alpha value is -0.570. The lowest BCUT2D eigenvalue weighted by molar-refractivity contribution is -0.131. The molecule has 3 heteroatoms. The lowest BCUT2D eigenvalue weighted by atomic mass is 9.90. The molecule has 14 heavy (non-hydrogen) atoms. The summed E-state index contributed by atoms with van der Waals surface area (Å²) in [5, 5.41) is 3.31. The summed E-state index contributed by atoms with van der Waals surface area (Å²) in [5.41, 5.74) is 0. The Morgan fingerprint density at radius 1 is 1.36 bits per heavy atom. The van der Waals surface area contributed by atoms with Gasteiger partial charge >= 0.3 is 0 Å². The number of amides is 1. The molecule has 1 N–H and O–H groups in total. The average molecular weight is 198 g/mol. The van der Waals surface area contributed by atoms with Crippen molar-refractivity contribution in [3.63, 3.8) is 0 Å². The predicted molar refractivity (Wildman–Crippen MR) is 58.2 cm³/mol. The summed E-state index contributed by atoms with van der Waals surface area (Å²) in [4.78, 5) is 13.3. The number of nitrogens with zero attached hydrogens (tertiary/aromatic N) is 1. The van der Waals surface area contributed by atoms with Crippen LogP contribution in [0.5, 0.6) is 0 Å². The van der Waals surface area contributed by atoms with Gasteiger partial charge in [0.2, 0.25) is 5.91 Å². The molecule has 0 heterocycles. The highest BCUT2D eigenvalue weighted by Crippen LogP contribution is 2.22. The first-order valence-electron chi connectivity index (χ1n) is 5.63. The molecule has 0 aliphatic heterocycles. The summed E-state index contributed by atoms with van der Waals surface area (Å²) < 4.78 is 0. The zero-order chi connectivity index (χ0) is 10.6. The fraction of sp³-hybridized carbons (Fsp3) is 0.909. The van der Waals surface area contributed by atoms with E-state index >= 15 is 0 Å². The molecule has 0 aromatic carbocycles. The minimum Gasteiger partial charge on any atom is -0.340 e. The van der Waals surface area contributed by atoms with Gasteiger partial charge in [-0.15, -0.1) is 0 Å². The van der Waals surface area contributed by atoms with Crippen LogP contribution in [0, 0.1) is 0 Å². The molecule has 0 unspecified atom stereocenters. The van der Waals surface area contributed by atoms with Crippen molar-refractivity contribution in [3.05, 3.63) is 0 Å². The smallest absolute Gasteiger partial charge is 0.219 e. The van der Waals surface area contributed by atoms with Gasteiger partial charge in [0.25, 0.3) is 0 Å². The first-order valence-corrected chi connectivity index (χ1v) is 5.63. The van der Waals surface area contributed by atoms with E-state index in [1.54, 1.807) is 6.92 Å². The quantitative estimate of drug-likeness (QED) is 0.743. The minimum atomic E-state index is 0.223. The highest BCUT2D eigenvalue weighted by molar-refractivity contribution is 5.73. The van der Waals surface area contributed by atoms with E-state index in [2.05, 4.69) is 12.2 Å². The van der Waals surface area contributed by atoms with Gasteiger partial charge in [0.1, 0.15) is 0 Å². The maximum Gasteiger partial charge on any atom is 0.219 e. The van der Waals surface area contributed by atoms with Crippen molar-refractivity contribution in [2.45, 2.75) is 51.6 Å². The predicted octanol–water partition coefficient (Wildman–Crippen LogP) is 1.39. The van der Waals surface area contributed by atoms with E-state index in [0.29, 0.717) is 12.1 Å². The molecule has 1 amide bonds. The van der Waals surface area contributed by atoms with Crippen molar-refractivity contribution in [2.75, 3.05) is 13.6 Å². The Morgan fingerprint density at radius 3 is 2.29 bits per heavy atom. The van der Waals surface area contributed by atoms with E-state index < -0.39 is 0 Å². The van der Waals surface area contributed by atoms with Gasteiger partial charge in [0.05, 0.1) is 0 Å². The highest BCUT2D eigenvalue weighted by Gasteiger charge is 2.25. The summed E-state index contributed by atoms with van der Waals surface area (Å²) in [6.07, 6.45) is 4.70. The molecule has 0 bridgehead atoms. The third kappa shape index (κ3) is 2.71. The van der Waals surface area contributed by atoms with Crippen molar-refractivity contribution in [2.24, 2.45) is 0 Å². The molecular weight excluding hydrogens is 176 g/mol. The second-order valence-corrected chi connectivity index (χ2v) is 4.10. The Kier molecular flexibility index (Phi) is 4.39. The van der Waals surface area contributed by atoms with Crippen LogP contribution in [0.2, 0.25) is 0 Å². The maximum absolute atomic E-state index is 11.3. The van der Waals surface area contributed by atoms with Crippen molar-refractivity contribution >= 4 is 5.91 Å². The summed E-state index contributed by atoms with van der Waals surface area (Å²) in [6.45, 7) is 4.59. The third-order valence-electron chi connectivity index (χ3n) is 3.29. The van der Waals surface area contributed by atoms with E-state index in [1.807, 2.05) is 11.9 Å². The molecule has 0 radical (unpaired) electrons. The number of carbonyl (C=O) groups is 1. The molecule has 1 fully saturated rings. The molecule has 1 aliphatic rings. The van der Waals surface area contributed by atoms with E-state index in [9.17, 15) is 4.79 Å². The fourth-order valence-corrected chi connectivity index (χ4v) is 2.41. The molecule has 3 nitrogen and oxygen atoms in total. The van der Waals surface area contributed by atoms with E-state index in [0.717, 1.165) is 19.4 Å². The van der Waals surface area contributed by atoms with Gasteiger partial charge in [-0.05, 0) is 39.7 Å². The summed E-state index contributed by atoms with van der Waals surface area (Å²) in [7, 11) is 2.02. The van der Waals surface area contributed by atoms with Crippen LogP contribution in [-0.2, 0) is 4.79 Å². The summed E-state index contributed by atoms with van der Waals surface area (Å²) in [5.74, 6) is 0.223. The standard InChI is InChI=1S/C11H22N2O/c1-4-13(9(2)14)11-7-5-10(12-3)6-8-11/h10-12H,4-8H2,1-3H3. The topological polar surface area (TPSA) is 32.3 Å². The van der Waals surface area contributed by atoms with E-state index in [4.69, 9.17) is 0 Å². The Morgan fingerprint density at radius 2 is 1.93 bits per heavy atom. The number of hydrogen-bond acceptors (Lipinski definition) is 2. The minimum absolute atomic E-state index is 0.223. The van der Waals surface area contributed by atoms with Crippen molar-refractivity contribution in [1.29, 1.82) is 0 Å². The van der Waals surface area contributed by atoms with Crippen molar-refractivity contribution in [1.82, 2.24) is 10.2 Å². The number of carbonyl (C=O) groups excluding carboxylic acids is 1. The second-order valence-electron chi connectivity index (χ2n) is 4.10. The molecule has 0 aromatic rings. The van der Waals surface area contributed by atoms with Crippen LogP contribution in [0.15, 0.2) is 0 Å². The molecule has 1 saturated carbocycles. The Bertz CT molecular complexity index is 186. The van der Waals surface area contributed by atoms with Crippen LogP contribution >= 0.6 is 0 Å². The SMILES string of the molecule is CCN(C(C)=O)C1CCC(NC)CC1. The van der Waals surface area contributed by atoms with E-state index in [1.165, 1.54) is 12.8 Å². The van der Waals surface area contributed by atoms with Crippen LogP contribution in [0.3, 0.4) is 0 Å². The van der Waals surface area contributed by atoms with E-state index in [-0.39, 0.29) is 5.91 Å². The molecule has 0 aromatic heterocycles. The zero-order valence-corrected chi connectivity index (χ0v) is 9.55. The van der Waals surface area contributed by atoms with Gasteiger partial charge < -0.3 is 10.2 Å². The van der Waals surface area contributed by atoms with Crippen LogP contribution in [0.25, 0.3) is 0 Å². The molecule has 0 saturated heterocycles. The van der Waals surface area contributed by atoms with Gasteiger partial charge in [0, 0.05) is 25.6 Å². The lowest BCUT2D eigenvalue weighted by Crippen LogP contribution is -2.43. The zero-order valence-electron chi connectivity index (χ0n) is 9.55. The lowest BCUT2D eigenvalue weighted by Gasteiger charge is -2.35. The molecule has 0 atom stereocenters. The van der Waals surface area contributed by atoms with Crippen molar-refractivity contribution in [3.8, 4) is 0 Å². The first-order chi connectivity index (χ1) is 6.69. The highest BCUT2D eigenvalue weighted by atomic mass is 16.2. The van der Waals surface area contributed by atoms with Crippen molar-refractivity contribution < 1.29 is 4.79 Å². The number of nitrogens with one attached hydrogen (secondary N) is 1. The van der Waals surface area contributed by atoms with Gasteiger partial charge in [-0.1, -0.05) is 0 Å². The molecule has 0 spiro atoms.